The predicted molar refractivity (Wildman–Crippen MR) is 66.6 cm³/mol. The standard InChI is InChI=1S/4C3H6O.Al/c4*1-3(2)4;/h1-2H3;3*4H,1H2,2H3;/q;;;;+3/p-3. The largest absolute Gasteiger partial charge is 3.00 e. The Bertz CT molecular complexity index is 159. The molecule has 0 unspecified atom stereocenters. The molecule has 4 nitrogen and oxygen atoms in total. The number of allylic oxidation sites excluding steroid dienone is 3. The van der Waals surface area contributed by atoms with Crippen LogP contribution in [0.4, 0.5) is 0 Å². The SMILES string of the molecule is C=C(C)[O-].C=C(C)[O-].C=C(C)[O-].CC(C)=O.[Al+3]. The van der Waals surface area contributed by atoms with Gasteiger partial charge < -0.3 is 20.1 Å². The molecule has 0 fully saturated rings. The van der Waals surface area contributed by atoms with E-state index in [1.807, 2.05) is 0 Å². The molecule has 0 aromatic rings. The van der Waals surface area contributed by atoms with Crippen molar-refractivity contribution in [1.29, 1.82) is 0 Å². The second-order valence-corrected chi connectivity index (χ2v) is 3.01. The number of ketones is 1. The molecular formula is C12H21AlO4. The van der Waals surface area contributed by atoms with Gasteiger partial charge >= 0.3 is 17.4 Å². The molecule has 0 spiro atoms. The summed E-state index contributed by atoms with van der Waals surface area (Å²) in [6.45, 7) is 16.3. The normalized spacial score (nSPS) is 5.94. The van der Waals surface area contributed by atoms with Crippen LogP contribution in [0.1, 0.15) is 34.6 Å². The first kappa shape index (κ1) is 29.7. The van der Waals surface area contributed by atoms with Gasteiger partial charge in [-0.3, -0.25) is 0 Å². The van der Waals surface area contributed by atoms with Crippen molar-refractivity contribution < 1.29 is 20.1 Å². The summed E-state index contributed by atoms with van der Waals surface area (Å²) < 4.78 is 0. The van der Waals surface area contributed by atoms with E-state index in [0.717, 1.165) is 0 Å². The van der Waals surface area contributed by atoms with Crippen LogP contribution >= 0.6 is 0 Å². The van der Waals surface area contributed by atoms with E-state index in [9.17, 15) is 20.1 Å². The fourth-order valence-electron chi connectivity index (χ4n) is 0. The maximum absolute atomic E-state index is 9.44. The molecule has 0 heterocycles. The van der Waals surface area contributed by atoms with E-state index in [1.165, 1.54) is 34.6 Å². The van der Waals surface area contributed by atoms with Crippen molar-refractivity contribution >= 4 is 23.1 Å². The minimum atomic E-state index is -0.0833. The van der Waals surface area contributed by atoms with Crippen LogP contribution in [0.15, 0.2) is 37.0 Å². The molecule has 0 amide bonds. The van der Waals surface area contributed by atoms with Crippen molar-refractivity contribution in [3.8, 4) is 0 Å². The molecule has 0 aromatic carbocycles. The van der Waals surface area contributed by atoms with Gasteiger partial charge in [-0.2, -0.15) is 0 Å². The molecule has 0 saturated carbocycles. The van der Waals surface area contributed by atoms with Gasteiger partial charge in [0.05, 0.1) is 0 Å². The van der Waals surface area contributed by atoms with Crippen LogP contribution in [0, 0.1) is 0 Å². The minimum Gasteiger partial charge on any atom is -0.876 e. The molecule has 0 aliphatic rings. The zero-order valence-corrected chi connectivity index (χ0v) is 12.5. The van der Waals surface area contributed by atoms with Gasteiger partial charge in [-0.1, -0.05) is 20.8 Å². The van der Waals surface area contributed by atoms with Crippen molar-refractivity contribution in [1.82, 2.24) is 0 Å². The molecule has 0 saturated heterocycles. The smallest absolute Gasteiger partial charge is 0.876 e. The zero-order valence-electron chi connectivity index (χ0n) is 11.3. The topological polar surface area (TPSA) is 86.2 Å². The number of Topliss-reactive ketones (excluding diaryl/α,β-unsaturated/α-hetero) is 1. The first-order valence-electron chi connectivity index (χ1n) is 4.38. The molecule has 0 N–H and O–H groups in total. The molecule has 0 bridgehead atoms. The summed E-state index contributed by atoms with van der Waals surface area (Å²) in [6, 6.07) is 0. The molecule has 0 aliphatic heterocycles. The summed E-state index contributed by atoms with van der Waals surface area (Å²) in [5.74, 6) is -0.0833. The summed E-state index contributed by atoms with van der Waals surface area (Å²) in [4.78, 5) is 9.44. The van der Waals surface area contributed by atoms with Gasteiger partial charge in [0.15, 0.2) is 0 Å². The van der Waals surface area contributed by atoms with Crippen LogP contribution in [0.2, 0.25) is 0 Å². The van der Waals surface area contributed by atoms with Crippen LogP contribution < -0.4 is 15.3 Å². The third kappa shape index (κ3) is 1760. The van der Waals surface area contributed by atoms with E-state index in [-0.39, 0.29) is 40.4 Å². The van der Waals surface area contributed by atoms with E-state index in [4.69, 9.17) is 0 Å². The molecule has 0 rings (SSSR count). The summed E-state index contributed by atoms with van der Waals surface area (Å²) in [5, 5.41) is 28.0. The second kappa shape index (κ2) is 24.2. The second-order valence-electron chi connectivity index (χ2n) is 3.01. The maximum Gasteiger partial charge on any atom is 3.00 e. The summed E-state index contributed by atoms with van der Waals surface area (Å²) in [7, 11) is 0. The fraction of sp³-hybridized carbons (Fsp3) is 0.417. The Kier molecular flexibility index (Phi) is 42.2. The molecule has 0 radical (unpaired) electrons. The van der Waals surface area contributed by atoms with E-state index < -0.39 is 0 Å². The quantitative estimate of drug-likeness (QED) is 0.445. The van der Waals surface area contributed by atoms with Crippen molar-refractivity contribution in [2.75, 3.05) is 0 Å². The monoisotopic (exact) mass is 256 g/mol. The van der Waals surface area contributed by atoms with Crippen molar-refractivity contribution in [2.45, 2.75) is 34.6 Å². The van der Waals surface area contributed by atoms with E-state index >= 15 is 0 Å². The zero-order chi connectivity index (χ0) is 14.3. The van der Waals surface area contributed by atoms with Crippen molar-refractivity contribution in [3.63, 3.8) is 0 Å². The van der Waals surface area contributed by atoms with Crippen LogP contribution in [0.3, 0.4) is 0 Å². The Balaban J connectivity index is -0.0000000369. The van der Waals surface area contributed by atoms with Crippen LogP contribution in [-0.2, 0) is 4.79 Å². The third-order valence-electron chi connectivity index (χ3n) is 0. The molecule has 0 aliphatic carbocycles. The van der Waals surface area contributed by atoms with Gasteiger partial charge in [0.25, 0.3) is 0 Å². The summed E-state index contributed by atoms with van der Waals surface area (Å²) in [6.07, 6.45) is 0. The molecular weight excluding hydrogens is 235 g/mol. The average Bonchev–Trinajstić information content (AvgIpc) is 1.76. The van der Waals surface area contributed by atoms with Crippen molar-refractivity contribution in [3.05, 3.63) is 37.0 Å². The number of carbonyl (C=O) groups excluding carboxylic acids is 1. The molecule has 5 heteroatoms. The molecule has 17 heavy (non-hydrogen) atoms. The predicted octanol–water partition coefficient (Wildman–Crippen LogP) is -0.145. The van der Waals surface area contributed by atoms with Gasteiger partial charge in [0.2, 0.25) is 0 Å². The Labute approximate surface area is 115 Å². The molecule has 0 atom stereocenters. The van der Waals surface area contributed by atoms with E-state index in [1.54, 1.807) is 0 Å². The fourth-order valence-corrected chi connectivity index (χ4v) is 0. The Hall–Kier alpha value is -1.18. The van der Waals surface area contributed by atoms with Gasteiger partial charge in [-0.25, -0.2) is 0 Å². The first-order valence-corrected chi connectivity index (χ1v) is 4.38. The first-order chi connectivity index (χ1) is 6.93. The van der Waals surface area contributed by atoms with Gasteiger partial charge in [0, 0.05) is 0 Å². The van der Waals surface area contributed by atoms with Gasteiger partial charge in [0.1, 0.15) is 5.78 Å². The van der Waals surface area contributed by atoms with E-state index in [0.29, 0.717) is 0 Å². The Morgan fingerprint density at radius 3 is 0.706 bits per heavy atom. The number of hydrogen-bond donors (Lipinski definition) is 0. The maximum atomic E-state index is 9.44. The van der Waals surface area contributed by atoms with E-state index in [2.05, 4.69) is 19.7 Å². The average molecular weight is 256 g/mol. The Morgan fingerprint density at radius 2 is 0.706 bits per heavy atom. The Morgan fingerprint density at radius 1 is 0.706 bits per heavy atom. The van der Waals surface area contributed by atoms with Crippen LogP contribution in [-0.4, -0.2) is 23.1 Å². The molecule has 96 valence electrons. The van der Waals surface area contributed by atoms with Crippen molar-refractivity contribution in [2.24, 2.45) is 0 Å². The van der Waals surface area contributed by atoms with Crippen LogP contribution in [0.25, 0.3) is 0 Å². The van der Waals surface area contributed by atoms with Gasteiger partial charge in [-0.15, -0.1) is 37.0 Å². The minimum absolute atomic E-state index is 0. The number of hydrogen-bond acceptors (Lipinski definition) is 4. The van der Waals surface area contributed by atoms with Gasteiger partial charge in [-0.05, 0) is 13.8 Å². The molecule has 0 aromatic heterocycles. The summed E-state index contributed by atoms with van der Waals surface area (Å²) >= 11 is 0. The summed E-state index contributed by atoms with van der Waals surface area (Å²) in [5.41, 5.74) is 0. The number of carbonyl (C=O) groups is 1. The van der Waals surface area contributed by atoms with Crippen LogP contribution in [0.5, 0.6) is 0 Å². The number of rotatable bonds is 0. The third-order valence-corrected chi connectivity index (χ3v) is 0.